The van der Waals surface area contributed by atoms with Crippen LogP contribution in [-0.4, -0.2) is 35.1 Å². The maximum atomic E-state index is 12.3. The van der Waals surface area contributed by atoms with Crippen molar-refractivity contribution in [2.75, 3.05) is 0 Å². The van der Waals surface area contributed by atoms with Crippen molar-refractivity contribution in [1.29, 1.82) is 0 Å². The first-order valence-electron chi connectivity index (χ1n) is 8.09. The van der Waals surface area contributed by atoms with Gasteiger partial charge in [0.1, 0.15) is 0 Å². The summed E-state index contributed by atoms with van der Waals surface area (Å²) < 4.78 is 5.51. The second-order valence-corrected chi connectivity index (χ2v) is 6.88. The molecule has 2 aliphatic rings. The maximum absolute atomic E-state index is 12.3. The Labute approximate surface area is 157 Å². The van der Waals surface area contributed by atoms with E-state index in [9.17, 15) is 14.9 Å². The Morgan fingerprint density at radius 3 is 2.64 bits per heavy atom. The number of amides is 1. The average Bonchev–Trinajstić information content (AvgIpc) is 2.87. The van der Waals surface area contributed by atoms with E-state index in [1.54, 1.807) is 6.92 Å². The fraction of sp³-hybridized carbons (Fsp3) is 0.562. The number of ether oxygens (including phenoxy) is 1. The van der Waals surface area contributed by atoms with E-state index in [4.69, 9.17) is 16.3 Å². The fourth-order valence-corrected chi connectivity index (χ4v) is 3.64. The molecule has 2 bridgehead atoms. The standard InChI is InChI=1S/C16H20ClN3O4.ClH/c1-9(24-15-5-2-10(17)6-14(15)20(22)23)16(21)19-13-7-11-3-4-12(8-13)18-11;/h2,5-6,9,11-13,18H,3-4,7-8H2,1H3,(H,19,21);1H. The van der Waals surface area contributed by atoms with Crippen LogP contribution < -0.4 is 15.4 Å². The van der Waals surface area contributed by atoms with Crippen molar-refractivity contribution in [3.05, 3.63) is 33.3 Å². The molecular weight excluding hydrogens is 369 g/mol. The summed E-state index contributed by atoms with van der Waals surface area (Å²) >= 11 is 5.78. The predicted octanol–water partition coefficient (Wildman–Crippen LogP) is 2.84. The molecule has 25 heavy (non-hydrogen) atoms. The SMILES string of the molecule is CC(Oc1ccc(Cl)cc1[N+](=O)[O-])C(=O)NC1CC2CCC(C1)N2.Cl. The third-order valence-corrected chi connectivity index (χ3v) is 4.85. The van der Waals surface area contributed by atoms with Gasteiger partial charge in [-0.25, -0.2) is 0 Å². The van der Waals surface area contributed by atoms with Gasteiger partial charge in [-0.05, 0) is 44.7 Å². The van der Waals surface area contributed by atoms with Crippen LogP contribution in [0.3, 0.4) is 0 Å². The minimum absolute atomic E-state index is 0. The zero-order chi connectivity index (χ0) is 17.3. The van der Waals surface area contributed by atoms with Crippen molar-refractivity contribution >= 4 is 35.6 Å². The van der Waals surface area contributed by atoms with E-state index in [1.165, 1.54) is 18.2 Å². The molecule has 0 radical (unpaired) electrons. The van der Waals surface area contributed by atoms with Crippen molar-refractivity contribution in [2.24, 2.45) is 0 Å². The molecule has 2 saturated heterocycles. The summed E-state index contributed by atoms with van der Waals surface area (Å²) in [4.78, 5) is 22.9. The molecule has 0 aromatic heterocycles. The molecular formula is C16H21Cl2N3O4. The molecule has 1 amide bonds. The van der Waals surface area contributed by atoms with E-state index >= 15 is 0 Å². The summed E-state index contributed by atoms with van der Waals surface area (Å²) in [7, 11) is 0. The quantitative estimate of drug-likeness (QED) is 0.596. The summed E-state index contributed by atoms with van der Waals surface area (Å²) in [6.07, 6.45) is 3.31. The van der Waals surface area contributed by atoms with Gasteiger partial charge < -0.3 is 15.4 Å². The van der Waals surface area contributed by atoms with Gasteiger partial charge in [-0.3, -0.25) is 14.9 Å². The van der Waals surface area contributed by atoms with Crippen LogP contribution in [0.2, 0.25) is 5.02 Å². The molecule has 7 nitrogen and oxygen atoms in total. The monoisotopic (exact) mass is 389 g/mol. The number of nitro groups is 1. The lowest BCUT2D eigenvalue weighted by Crippen LogP contribution is -2.50. The van der Waals surface area contributed by atoms with Gasteiger partial charge in [-0.15, -0.1) is 12.4 Å². The highest BCUT2D eigenvalue weighted by atomic mass is 35.5. The van der Waals surface area contributed by atoms with Crippen LogP contribution in [0.15, 0.2) is 18.2 Å². The molecule has 9 heteroatoms. The average molecular weight is 390 g/mol. The number of nitrogens with zero attached hydrogens (tertiary/aromatic N) is 1. The highest BCUT2D eigenvalue weighted by Gasteiger charge is 2.34. The molecule has 3 rings (SSSR count). The van der Waals surface area contributed by atoms with Gasteiger partial charge in [0.25, 0.3) is 5.91 Å². The Morgan fingerprint density at radius 2 is 2.04 bits per heavy atom. The normalized spacial score (nSPS) is 25.6. The first-order chi connectivity index (χ1) is 11.4. The topological polar surface area (TPSA) is 93.5 Å². The summed E-state index contributed by atoms with van der Waals surface area (Å²) in [5.74, 6) is -0.219. The van der Waals surface area contributed by atoms with Gasteiger partial charge in [-0.2, -0.15) is 0 Å². The second kappa shape index (κ2) is 8.21. The number of rotatable bonds is 5. The number of benzene rings is 1. The van der Waals surface area contributed by atoms with Crippen LogP contribution in [0.5, 0.6) is 5.75 Å². The summed E-state index contributed by atoms with van der Waals surface area (Å²) in [6, 6.07) is 5.20. The molecule has 2 heterocycles. The van der Waals surface area contributed by atoms with Gasteiger partial charge in [-0.1, -0.05) is 11.6 Å². The number of fused-ring (bicyclic) bond motifs is 2. The first kappa shape index (κ1) is 19.8. The van der Waals surface area contributed by atoms with Crippen LogP contribution in [0.4, 0.5) is 5.69 Å². The highest BCUT2D eigenvalue weighted by Crippen LogP contribution is 2.31. The maximum Gasteiger partial charge on any atom is 0.312 e. The van der Waals surface area contributed by atoms with E-state index in [1.807, 2.05) is 0 Å². The number of hydrogen-bond donors (Lipinski definition) is 2. The zero-order valence-electron chi connectivity index (χ0n) is 13.7. The van der Waals surface area contributed by atoms with Crippen molar-refractivity contribution in [2.45, 2.75) is 56.8 Å². The Bertz CT molecular complexity index is 646. The Morgan fingerprint density at radius 1 is 1.40 bits per heavy atom. The molecule has 3 unspecified atom stereocenters. The van der Waals surface area contributed by atoms with E-state index in [-0.39, 0.29) is 40.8 Å². The molecule has 0 saturated carbocycles. The molecule has 2 fully saturated rings. The lowest BCUT2D eigenvalue weighted by atomic mass is 9.99. The first-order valence-corrected chi connectivity index (χ1v) is 8.47. The van der Waals surface area contributed by atoms with Crippen molar-refractivity contribution < 1.29 is 14.5 Å². The minimum atomic E-state index is -0.822. The van der Waals surface area contributed by atoms with E-state index in [2.05, 4.69) is 10.6 Å². The molecule has 138 valence electrons. The summed E-state index contributed by atoms with van der Waals surface area (Å²) in [5.41, 5.74) is -0.248. The molecule has 3 atom stereocenters. The molecule has 0 aliphatic carbocycles. The van der Waals surface area contributed by atoms with Gasteiger partial charge in [0, 0.05) is 29.2 Å². The van der Waals surface area contributed by atoms with Crippen molar-refractivity contribution in [3.8, 4) is 5.75 Å². The van der Waals surface area contributed by atoms with Gasteiger partial charge in [0.15, 0.2) is 11.9 Å². The largest absolute Gasteiger partial charge is 0.474 e. The van der Waals surface area contributed by atoms with E-state index in [0.29, 0.717) is 12.1 Å². The van der Waals surface area contributed by atoms with Crippen molar-refractivity contribution in [3.63, 3.8) is 0 Å². The van der Waals surface area contributed by atoms with Crippen LogP contribution in [0, 0.1) is 10.1 Å². The van der Waals surface area contributed by atoms with E-state index < -0.39 is 11.0 Å². The zero-order valence-corrected chi connectivity index (χ0v) is 15.3. The molecule has 0 spiro atoms. The Kier molecular flexibility index (Phi) is 6.48. The predicted molar refractivity (Wildman–Crippen MR) is 96.6 cm³/mol. The van der Waals surface area contributed by atoms with Crippen LogP contribution in [0.25, 0.3) is 0 Å². The third-order valence-electron chi connectivity index (χ3n) is 4.61. The summed E-state index contributed by atoms with van der Waals surface area (Å²) in [6.45, 7) is 1.59. The molecule has 2 N–H and O–H groups in total. The number of nitro benzene ring substituents is 1. The van der Waals surface area contributed by atoms with E-state index in [0.717, 1.165) is 25.7 Å². The van der Waals surface area contributed by atoms with Gasteiger partial charge in [0.2, 0.25) is 0 Å². The molecule has 1 aromatic rings. The fourth-order valence-electron chi connectivity index (χ4n) is 3.47. The second-order valence-electron chi connectivity index (χ2n) is 6.44. The number of piperidine rings is 1. The van der Waals surface area contributed by atoms with Crippen LogP contribution >= 0.6 is 24.0 Å². The van der Waals surface area contributed by atoms with Crippen molar-refractivity contribution in [1.82, 2.24) is 10.6 Å². The number of hydrogen-bond acceptors (Lipinski definition) is 5. The summed E-state index contributed by atoms with van der Waals surface area (Å²) in [5, 5.41) is 17.8. The lowest BCUT2D eigenvalue weighted by molar-refractivity contribution is -0.386. The Hall–Kier alpha value is -1.57. The molecule has 2 aliphatic heterocycles. The van der Waals surface area contributed by atoms with Gasteiger partial charge in [0.05, 0.1) is 4.92 Å². The third kappa shape index (κ3) is 4.74. The van der Waals surface area contributed by atoms with Crippen LogP contribution in [0.1, 0.15) is 32.6 Å². The highest BCUT2D eigenvalue weighted by molar-refractivity contribution is 6.30. The number of carbonyl (C=O) groups is 1. The molecule has 1 aromatic carbocycles. The minimum Gasteiger partial charge on any atom is -0.474 e. The number of nitrogens with one attached hydrogen (secondary N) is 2. The number of carbonyl (C=O) groups excluding carboxylic acids is 1. The Balaban J connectivity index is 0.00000225. The smallest absolute Gasteiger partial charge is 0.312 e. The number of halogens is 2. The van der Waals surface area contributed by atoms with Gasteiger partial charge >= 0.3 is 5.69 Å². The lowest BCUT2D eigenvalue weighted by Gasteiger charge is -2.30. The van der Waals surface area contributed by atoms with Crippen LogP contribution in [-0.2, 0) is 4.79 Å².